The normalized spacial score (nSPS) is 35.4. The number of carbonyl (C=O) groups excluding carboxylic acids is 3. The Kier molecular flexibility index (Phi) is 7.58. The van der Waals surface area contributed by atoms with Crippen molar-refractivity contribution < 1.29 is 33.4 Å². The summed E-state index contributed by atoms with van der Waals surface area (Å²) in [5, 5.41) is 20.5. The van der Waals surface area contributed by atoms with Gasteiger partial charge in [-0.25, -0.2) is 9.18 Å². The van der Waals surface area contributed by atoms with Gasteiger partial charge in [-0.3, -0.25) is 9.59 Å². The zero-order valence-corrected chi connectivity index (χ0v) is 25.4. The van der Waals surface area contributed by atoms with Crippen molar-refractivity contribution in [3.63, 3.8) is 0 Å². The molecule has 7 atom stereocenters. The first kappa shape index (κ1) is 30.3. The molecule has 44 heavy (non-hydrogen) atoms. The molecule has 0 radical (unpaired) electrons. The molecule has 0 heterocycles. The molecule has 0 amide bonds. The van der Waals surface area contributed by atoms with Crippen LogP contribution in [-0.4, -0.2) is 45.1 Å². The molecule has 6 rings (SSSR count). The van der Waals surface area contributed by atoms with Gasteiger partial charge in [0.1, 0.15) is 11.5 Å². The van der Waals surface area contributed by atoms with E-state index in [1.807, 2.05) is 43.3 Å². The summed E-state index contributed by atoms with van der Waals surface area (Å²) in [6.07, 6.45) is 4.28. The van der Waals surface area contributed by atoms with E-state index in [9.17, 15) is 24.8 Å². The fraction of sp³-hybridized carbons (Fsp3) is 0.429. The van der Waals surface area contributed by atoms with Crippen molar-refractivity contribution in [2.45, 2.75) is 63.3 Å². The number of alkyl halides is 1. The minimum atomic E-state index is -2.07. The molecule has 9 heteroatoms. The molecule has 7 unspecified atom stereocenters. The zero-order valence-electron chi connectivity index (χ0n) is 24.6. The fourth-order valence-electron chi connectivity index (χ4n) is 8.46. The van der Waals surface area contributed by atoms with Crippen LogP contribution in [0.15, 0.2) is 78.4 Å². The number of aliphatic hydroxyl groups excluding tert-OH is 1. The lowest BCUT2D eigenvalue weighted by molar-refractivity contribution is -0.214. The van der Waals surface area contributed by atoms with Gasteiger partial charge in [0.2, 0.25) is 5.12 Å². The molecule has 4 aliphatic carbocycles. The van der Waals surface area contributed by atoms with E-state index in [2.05, 4.69) is 0 Å². The Bertz CT molecular complexity index is 1600. The van der Waals surface area contributed by atoms with E-state index in [0.29, 0.717) is 36.3 Å². The van der Waals surface area contributed by atoms with Crippen molar-refractivity contribution in [3.8, 4) is 17.6 Å². The number of fused-ring (bicyclic) bond motifs is 5. The molecule has 3 saturated carbocycles. The SMILES string of the molecule is CC12C=CC(=O)C=C1CCC1C3CCC(OC(=O)c4ccc(Oc5ccccc5)cc4)(C(=O)SCC#N)C3(C)CC(O)C12F. The molecule has 0 aliphatic heterocycles. The Hall–Kier alpha value is -3.74. The maximum absolute atomic E-state index is 17.5. The number of para-hydroxylation sites is 1. The van der Waals surface area contributed by atoms with E-state index in [1.54, 1.807) is 37.3 Å². The van der Waals surface area contributed by atoms with Crippen molar-refractivity contribution in [1.29, 1.82) is 5.26 Å². The third-order valence-electron chi connectivity index (χ3n) is 10.7. The molecule has 1 N–H and O–H groups in total. The van der Waals surface area contributed by atoms with Crippen molar-refractivity contribution in [2.75, 3.05) is 5.75 Å². The summed E-state index contributed by atoms with van der Waals surface area (Å²) >= 11 is 0.785. The second-order valence-corrected chi connectivity index (χ2v) is 13.6. The van der Waals surface area contributed by atoms with E-state index < -0.39 is 45.2 Å². The third kappa shape index (κ3) is 4.45. The summed E-state index contributed by atoms with van der Waals surface area (Å²) in [4.78, 5) is 39.8. The molecule has 7 nitrogen and oxygen atoms in total. The van der Waals surface area contributed by atoms with Crippen molar-refractivity contribution in [3.05, 3.63) is 84.0 Å². The molecular weight excluding hydrogens is 581 g/mol. The Morgan fingerprint density at radius 1 is 1.07 bits per heavy atom. The van der Waals surface area contributed by atoms with Crippen molar-refractivity contribution in [2.24, 2.45) is 22.7 Å². The number of ether oxygens (including phenoxy) is 2. The van der Waals surface area contributed by atoms with Gasteiger partial charge >= 0.3 is 5.97 Å². The lowest BCUT2D eigenvalue weighted by Crippen LogP contribution is -2.69. The molecule has 2 aromatic carbocycles. The van der Waals surface area contributed by atoms with Crippen LogP contribution in [0.4, 0.5) is 4.39 Å². The van der Waals surface area contributed by atoms with Crippen LogP contribution in [0.5, 0.6) is 11.5 Å². The predicted octanol–water partition coefficient (Wildman–Crippen LogP) is 6.53. The number of rotatable bonds is 6. The largest absolute Gasteiger partial charge is 0.457 e. The molecule has 0 saturated heterocycles. The molecule has 4 aliphatic rings. The van der Waals surface area contributed by atoms with Crippen molar-refractivity contribution >= 4 is 28.6 Å². The highest BCUT2D eigenvalue weighted by molar-refractivity contribution is 8.14. The summed E-state index contributed by atoms with van der Waals surface area (Å²) in [5.41, 5.74) is -5.13. The first-order valence-electron chi connectivity index (χ1n) is 14.9. The van der Waals surface area contributed by atoms with Crippen LogP contribution in [0.25, 0.3) is 0 Å². The van der Waals surface area contributed by atoms with Gasteiger partial charge in [-0.15, -0.1) is 0 Å². The van der Waals surface area contributed by atoms with Crippen LogP contribution in [0, 0.1) is 34.0 Å². The monoisotopic (exact) mass is 615 g/mol. The number of nitrogens with zero attached hydrogens (tertiary/aromatic N) is 1. The molecule has 3 fully saturated rings. The number of thioether (sulfide) groups is 1. The molecule has 0 aromatic heterocycles. The Morgan fingerprint density at radius 3 is 2.48 bits per heavy atom. The van der Waals surface area contributed by atoms with Crippen molar-refractivity contribution in [1.82, 2.24) is 0 Å². The van der Waals surface area contributed by atoms with E-state index in [0.717, 1.165) is 11.8 Å². The van der Waals surface area contributed by atoms with Crippen LogP contribution in [0.3, 0.4) is 0 Å². The molecule has 0 bridgehead atoms. The number of allylic oxidation sites excluding steroid dienone is 4. The van der Waals surface area contributed by atoms with E-state index in [1.165, 1.54) is 12.2 Å². The first-order chi connectivity index (χ1) is 21.0. The number of halogens is 1. The highest BCUT2D eigenvalue weighted by atomic mass is 32.2. The van der Waals surface area contributed by atoms with E-state index in [4.69, 9.17) is 9.47 Å². The van der Waals surface area contributed by atoms with Gasteiger partial charge in [-0.1, -0.05) is 48.5 Å². The third-order valence-corrected chi connectivity index (χ3v) is 11.6. The van der Waals surface area contributed by atoms with Gasteiger partial charge in [0, 0.05) is 16.7 Å². The number of hydrogen-bond donors (Lipinski definition) is 1. The number of hydrogen-bond acceptors (Lipinski definition) is 8. The van der Waals surface area contributed by atoms with Gasteiger partial charge < -0.3 is 14.6 Å². The molecule has 228 valence electrons. The maximum atomic E-state index is 17.5. The average Bonchev–Trinajstić information content (AvgIpc) is 3.29. The van der Waals surface area contributed by atoms with E-state index >= 15 is 4.39 Å². The van der Waals surface area contributed by atoms with Crippen LogP contribution >= 0.6 is 11.8 Å². The highest BCUT2D eigenvalue weighted by Gasteiger charge is 2.75. The molecule has 2 aromatic rings. The van der Waals surface area contributed by atoms with Gasteiger partial charge in [0.05, 0.1) is 23.5 Å². The number of nitriles is 1. The number of aliphatic hydroxyl groups is 1. The van der Waals surface area contributed by atoms with Gasteiger partial charge in [0.15, 0.2) is 17.1 Å². The summed E-state index contributed by atoms with van der Waals surface area (Å²) in [6.45, 7) is 3.55. The Balaban J connectivity index is 1.32. The minimum Gasteiger partial charge on any atom is -0.457 e. The van der Waals surface area contributed by atoms with Gasteiger partial charge in [-0.05, 0) is 93.5 Å². The smallest absolute Gasteiger partial charge is 0.339 e. The topological polar surface area (TPSA) is 114 Å². The summed E-state index contributed by atoms with van der Waals surface area (Å²) < 4.78 is 29.6. The molecule has 0 spiro atoms. The Morgan fingerprint density at radius 2 is 1.77 bits per heavy atom. The lowest BCUT2D eigenvalue weighted by atomic mass is 9.45. The van der Waals surface area contributed by atoms with Gasteiger partial charge in [-0.2, -0.15) is 5.26 Å². The standard InChI is InChI=1S/C35H34FNO6S/c1-32-16-14-24(38)20-23(32)10-13-28-27-15-17-34(31(41)44-19-18-37,33(27,2)21-29(39)35(28,32)36)43-30(40)22-8-11-26(12-9-22)42-25-6-4-3-5-7-25/h3-9,11-12,14,16,20,27-29,39H,10,13,15,17,19,21H2,1-2H3. The quantitative estimate of drug-likeness (QED) is 0.365. The molecular formula is C35H34FNO6S. The lowest BCUT2D eigenvalue weighted by Gasteiger charge is -2.62. The fourth-order valence-corrected chi connectivity index (χ4v) is 9.26. The summed E-state index contributed by atoms with van der Waals surface area (Å²) in [6, 6.07) is 17.6. The van der Waals surface area contributed by atoms with Crippen LogP contribution < -0.4 is 4.74 Å². The summed E-state index contributed by atoms with van der Waals surface area (Å²) in [7, 11) is 0. The van der Waals surface area contributed by atoms with Crippen LogP contribution in [-0.2, 0) is 14.3 Å². The van der Waals surface area contributed by atoms with Gasteiger partial charge in [0.25, 0.3) is 0 Å². The number of carbonyl (C=O) groups is 3. The first-order valence-corrected chi connectivity index (χ1v) is 15.9. The second kappa shape index (κ2) is 11.0. The van der Waals surface area contributed by atoms with E-state index in [-0.39, 0.29) is 35.9 Å². The number of esters is 1. The maximum Gasteiger partial charge on any atom is 0.339 e. The zero-order chi connectivity index (χ0) is 31.3. The minimum absolute atomic E-state index is 0.120. The summed E-state index contributed by atoms with van der Waals surface area (Å²) in [5.74, 6) is -0.911. The predicted molar refractivity (Wildman–Crippen MR) is 163 cm³/mol. The average molecular weight is 616 g/mol. The van der Waals surface area contributed by atoms with Crippen LogP contribution in [0.2, 0.25) is 0 Å². The number of benzene rings is 2. The second-order valence-electron chi connectivity index (χ2n) is 12.7. The number of ketones is 1. The Labute approximate surface area is 260 Å². The van der Waals surface area contributed by atoms with Crippen LogP contribution in [0.1, 0.15) is 56.3 Å². The highest BCUT2D eigenvalue weighted by Crippen LogP contribution is 2.70.